The number of para-hydroxylation sites is 1. The Hall–Kier alpha value is -3.33. The highest BCUT2D eigenvalue weighted by Crippen LogP contribution is 2.30. The predicted molar refractivity (Wildman–Crippen MR) is 118 cm³/mol. The van der Waals surface area contributed by atoms with E-state index in [-0.39, 0.29) is 5.82 Å². The second kappa shape index (κ2) is 8.78. The molecule has 0 spiro atoms. The van der Waals surface area contributed by atoms with Crippen LogP contribution in [0, 0.1) is 5.82 Å². The van der Waals surface area contributed by atoms with Crippen LogP contribution in [0.15, 0.2) is 84.9 Å². The molecule has 2 nitrogen and oxygen atoms in total. The number of aryl methyl sites for hydroxylation is 1. The highest BCUT2D eigenvalue weighted by Gasteiger charge is 2.10. The summed E-state index contributed by atoms with van der Waals surface area (Å²) in [5, 5.41) is 5.91. The minimum Gasteiger partial charge on any atom is -0.489 e. The Bertz CT molecular complexity index is 1120. The van der Waals surface area contributed by atoms with Crippen LogP contribution in [0.1, 0.15) is 23.6 Å². The van der Waals surface area contributed by atoms with Crippen molar-refractivity contribution < 1.29 is 9.13 Å². The zero-order chi connectivity index (χ0) is 20.1. The molecule has 146 valence electrons. The summed E-state index contributed by atoms with van der Waals surface area (Å²) >= 11 is 0. The van der Waals surface area contributed by atoms with Crippen LogP contribution < -0.4 is 10.1 Å². The number of nitrogens with one attached hydrogen (secondary N) is 1. The summed E-state index contributed by atoms with van der Waals surface area (Å²) in [6.45, 7) is 3.14. The third-order valence-electron chi connectivity index (χ3n) is 5.13. The molecule has 4 aromatic rings. The maximum absolute atomic E-state index is 13.5. The third-order valence-corrected chi connectivity index (χ3v) is 5.13. The first-order chi connectivity index (χ1) is 14.2. The monoisotopic (exact) mass is 385 g/mol. The lowest BCUT2D eigenvalue weighted by atomic mass is 10.0. The molecule has 3 heteroatoms. The number of halogens is 1. The predicted octanol–water partition coefficient (Wildman–Crippen LogP) is 6.73. The molecule has 0 bridgehead atoms. The van der Waals surface area contributed by atoms with Gasteiger partial charge in [-0.15, -0.1) is 0 Å². The van der Waals surface area contributed by atoms with E-state index in [0.29, 0.717) is 13.2 Å². The Morgan fingerprint density at radius 2 is 1.69 bits per heavy atom. The quantitative estimate of drug-likeness (QED) is 0.381. The van der Waals surface area contributed by atoms with Gasteiger partial charge in [-0.05, 0) is 52.6 Å². The van der Waals surface area contributed by atoms with E-state index in [1.807, 2.05) is 30.3 Å². The highest BCUT2D eigenvalue weighted by atomic mass is 19.1. The molecule has 4 rings (SSSR count). The van der Waals surface area contributed by atoms with Gasteiger partial charge in [0, 0.05) is 17.8 Å². The van der Waals surface area contributed by atoms with Gasteiger partial charge in [-0.25, -0.2) is 4.39 Å². The van der Waals surface area contributed by atoms with Crippen LogP contribution in [0.3, 0.4) is 0 Å². The summed E-state index contributed by atoms with van der Waals surface area (Å²) in [6, 6.07) is 27.3. The maximum atomic E-state index is 13.5. The molecule has 0 fully saturated rings. The Morgan fingerprint density at radius 3 is 2.55 bits per heavy atom. The van der Waals surface area contributed by atoms with E-state index in [9.17, 15) is 4.39 Å². The van der Waals surface area contributed by atoms with Crippen LogP contribution in [-0.4, -0.2) is 0 Å². The number of rotatable bonds is 7. The van der Waals surface area contributed by atoms with Gasteiger partial charge in [0.1, 0.15) is 18.2 Å². The number of hydrogen-bond acceptors (Lipinski definition) is 2. The van der Waals surface area contributed by atoms with Crippen molar-refractivity contribution in [1.29, 1.82) is 0 Å². The fourth-order valence-corrected chi connectivity index (χ4v) is 3.61. The smallest absolute Gasteiger partial charge is 0.125 e. The van der Waals surface area contributed by atoms with Crippen LogP contribution in [-0.2, 0) is 19.6 Å². The van der Waals surface area contributed by atoms with Gasteiger partial charge in [0.05, 0.1) is 0 Å². The van der Waals surface area contributed by atoms with Crippen molar-refractivity contribution in [3.05, 3.63) is 107 Å². The molecule has 1 N–H and O–H groups in total. The molecule has 0 saturated carbocycles. The molecule has 0 unspecified atom stereocenters. The molecule has 0 aliphatic heterocycles. The van der Waals surface area contributed by atoms with Crippen LogP contribution in [0.5, 0.6) is 5.75 Å². The van der Waals surface area contributed by atoms with Crippen LogP contribution in [0.25, 0.3) is 10.8 Å². The lowest BCUT2D eigenvalue weighted by Crippen LogP contribution is -2.06. The highest BCUT2D eigenvalue weighted by molar-refractivity contribution is 5.88. The van der Waals surface area contributed by atoms with Gasteiger partial charge in [-0.1, -0.05) is 67.6 Å². The maximum Gasteiger partial charge on any atom is 0.125 e. The van der Waals surface area contributed by atoms with Gasteiger partial charge in [-0.2, -0.15) is 0 Å². The van der Waals surface area contributed by atoms with Crippen molar-refractivity contribution in [2.75, 3.05) is 5.32 Å². The van der Waals surface area contributed by atoms with E-state index in [1.165, 1.54) is 23.1 Å². The molecule has 0 radical (unpaired) electrons. The molecule has 0 amide bonds. The van der Waals surface area contributed by atoms with Crippen molar-refractivity contribution in [3.8, 4) is 5.75 Å². The van der Waals surface area contributed by atoms with E-state index in [1.54, 1.807) is 6.07 Å². The Labute approximate surface area is 171 Å². The number of fused-ring (bicyclic) bond motifs is 1. The molecular formula is C26H24FNO. The molecule has 0 aromatic heterocycles. The Kier molecular flexibility index (Phi) is 5.76. The topological polar surface area (TPSA) is 21.3 Å². The summed E-state index contributed by atoms with van der Waals surface area (Å²) < 4.78 is 19.6. The first-order valence-electron chi connectivity index (χ1n) is 9.94. The first kappa shape index (κ1) is 19.0. The van der Waals surface area contributed by atoms with Crippen molar-refractivity contribution in [1.82, 2.24) is 0 Å². The SMILES string of the molecule is CCc1ccccc1NCc1c(OCc2cccc(F)c2)ccc2ccccc12. The number of ether oxygens (including phenoxy) is 1. The number of anilines is 1. The average Bonchev–Trinajstić information content (AvgIpc) is 2.76. The summed E-state index contributed by atoms with van der Waals surface area (Å²) in [5.74, 6) is 0.567. The Morgan fingerprint density at radius 1 is 0.862 bits per heavy atom. The molecule has 29 heavy (non-hydrogen) atoms. The van der Waals surface area contributed by atoms with Gasteiger partial charge in [-0.3, -0.25) is 0 Å². The molecule has 0 heterocycles. The lowest BCUT2D eigenvalue weighted by molar-refractivity contribution is 0.303. The fourth-order valence-electron chi connectivity index (χ4n) is 3.61. The van der Waals surface area contributed by atoms with Gasteiger partial charge < -0.3 is 10.1 Å². The lowest BCUT2D eigenvalue weighted by Gasteiger charge is -2.17. The summed E-state index contributed by atoms with van der Waals surface area (Å²) in [4.78, 5) is 0. The van der Waals surface area contributed by atoms with Crippen molar-refractivity contribution in [2.45, 2.75) is 26.5 Å². The van der Waals surface area contributed by atoms with Gasteiger partial charge >= 0.3 is 0 Å². The van der Waals surface area contributed by atoms with E-state index in [2.05, 4.69) is 48.6 Å². The molecule has 4 aromatic carbocycles. The van der Waals surface area contributed by atoms with E-state index >= 15 is 0 Å². The third kappa shape index (κ3) is 4.40. The number of benzene rings is 4. The standard InChI is InChI=1S/C26H24FNO/c1-2-20-9-4-6-13-25(20)28-17-24-23-12-5-3-10-21(23)14-15-26(24)29-18-19-8-7-11-22(27)16-19/h3-16,28H,2,17-18H2,1H3. The fraction of sp³-hybridized carbons (Fsp3) is 0.154. The van der Waals surface area contributed by atoms with Crippen molar-refractivity contribution in [2.24, 2.45) is 0 Å². The largest absolute Gasteiger partial charge is 0.489 e. The van der Waals surface area contributed by atoms with Crippen LogP contribution in [0.2, 0.25) is 0 Å². The summed E-state index contributed by atoms with van der Waals surface area (Å²) in [5.41, 5.74) is 4.34. The molecule has 0 aliphatic rings. The Balaban J connectivity index is 1.63. The van der Waals surface area contributed by atoms with E-state index < -0.39 is 0 Å². The van der Waals surface area contributed by atoms with Crippen LogP contribution >= 0.6 is 0 Å². The number of hydrogen-bond donors (Lipinski definition) is 1. The van der Waals surface area contributed by atoms with Gasteiger partial charge in [0.2, 0.25) is 0 Å². The first-order valence-corrected chi connectivity index (χ1v) is 9.94. The minimum absolute atomic E-state index is 0.248. The van der Waals surface area contributed by atoms with E-state index in [0.717, 1.165) is 34.4 Å². The zero-order valence-corrected chi connectivity index (χ0v) is 16.5. The van der Waals surface area contributed by atoms with Gasteiger partial charge in [0.25, 0.3) is 0 Å². The normalized spacial score (nSPS) is 10.8. The second-order valence-corrected chi connectivity index (χ2v) is 7.05. The summed E-state index contributed by atoms with van der Waals surface area (Å²) in [7, 11) is 0. The molecule has 0 aliphatic carbocycles. The second-order valence-electron chi connectivity index (χ2n) is 7.05. The van der Waals surface area contributed by atoms with Gasteiger partial charge in [0.15, 0.2) is 0 Å². The zero-order valence-electron chi connectivity index (χ0n) is 16.5. The average molecular weight is 385 g/mol. The van der Waals surface area contributed by atoms with Crippen LogP contribution in [0.4, 0.5) is 10.1 Å². The summed E-state index contributed by atoms with van der Waals surface area (Å²) in [6.07, 6.45) is 0.974. The minimum atomic E-state index is -0.248. The molecular weight excluding hydrogens is 361 g/mol. The van der Waals surface area contributed by atoms with Crippen molar-refractivity contribution in [3.63, 3.8) is 0 Å². The molecule has 0 saturated heterocycles. The van der Waals surface area contributed by atoms with E-state index in [4.69, 9.17) is 4.74 Å². The molecule has 0 atom stereocenters. The van der Waals surface area contributed by atoms with Crippen molar-refractivity contribution >= 4 is 16.5 Å².